The van der Waals surface area contributed by atoms with Crippen molar-refractivity contribution in [2.24, 2.45) is 0 Å². The Labute approximate surface area is 105 Å². The van der Waals surface area contributed by atoms with E-state index in [1.807, 2.05) is 18.2 Å². The number of carbonyl (C=O) groups is 1. The maximum Gasteiger partial charge on any atom is 0.224 e. The first kappa shape index (κ1) is 12.8. The molecule has 1 amide bonds. The fourth-order valence-electron chi connectivity index (χ4n) is 1.29. The fourth-order valence-corrected chi connectivity index (χ4v) is 1.69. The van der Waals surface area contributed by atoms with Crippen LogP contribution in [0.3, 0.4) is 0 Å². The standard InChI is InChI=1S/C13H14BrNO/c1-2-11-6-5-7-12(10-11)15-13(16)8-3-4-9-14/h1,5-7,10H,3-4,8-9H2,(H,15,16). The number of benzene rings is 1. The lowest BCUT2D eigenvalue weighted by atomic mass is 10.2. The number of alkyl halides is 1. The van der Waals surface area contributed by atoms with Crippen LogP contribution >= 0.6 is 15.9 Å². The van der Waals surface area contributed by atoms with Gasteiger partial charge < -0.3 is 5.32 Å². The topological polar surface area (TPSA) is 29.1 Å². The summed E-state index contributed by atoms with van der Waals surface area (Å²) in [6, 6.07) is 7.30. The summed E-state index contributed by atoms with van der Waals surface area (Å²) in [5.41, 5.74) is 1.54. The summed E-state index contributed by atoms with van der Waals surface area (Å²) in [6.07, 6.45) is 7.73. The molecule has 0 fully saturated rings. The number of anilines is 1. The number of terminal acetylenes is 1. The molecule has 0 aliphatic heterocycles. The molecule has 16 heavy (non-hydrogen) atoms. The van der Waals surface area contributed by atoms with E-state index in [1.54, 1.807) is 6.07 Å². The van der Waals surface area contributed by atoms with Gasteiger partial charge in [0.1, 0.15) is 0 Å². The van der Waals surface area contributed by atoms with Gasteiger partial charge in [0.2, 0.25) is 5.91 Å². The van der Waals surface area contributed by atoms with Crippen molar-refractivity contribution in [3.05, 3.63) is 29.8 Å². The molecule has 0 unspecified atom stereocenters. The normalized spacial score (nSPS) is 9.50. The van der Waals surface area contributed by atoms with E-state index in [2.05, 4.69) is 27.2 Å². The van der Waals surface area contributed by atoms with Gasteiger partial charge in [0, 0.05) is 23.0 Å². The summed E-state index contributed by atoms with van der Waals surface area (Å²) in [5, 5.41) is 3.76. The maximum absolute atomic E-state index is 11.5. The highest BCUT2D eigenvalue weighted by atomic mass is 79.9. The molecule has 0 radical (unpaired) electrons. The third kappa shape index (κ3) is 4.50. The predicted octanol–water partition coefficient (Wildman–Crippen LogP) is 3.17. The number of halogens is 1. The van der Waals surface area contributed by atoms with Gasteiger partial charge in [-0.3, -0.25) is 4.79 Å². The zero-order valence-electron chi connectivity index (χ0n) is 9.00. The molecular formula is C13H14BrNO. The van der Waals surface area contributed by atoms with Crippen LogP contribution in [0.4, 0.5) is 5.69 Å². The zero-order valence-corrected chi connectivity index (χ0v) is 10.6. The van der Waals surface area contributed by atoms with Crippen molar-refractivity contribution in [3.63, 3.8) is 0 Å². The second-order valence-corrected chi connectivity index (χ2v) is 4.21. The molecule has 1 N–H and O–H groups in total. The first-order chi connectivity index (χ1) is 7.76. The molecule has 0 atom stereocenters. The lowest BCUT2D eigenvalue weighted by Gasteiger charge is -2.04. The number of amides is 1. The molecule has 84 valence electrons. The smallest absolute Gasteiger partial charge is 0.224 e. The number of carbonyl (C=O) groups excluding carboxylic acids is 1. The van der Waals surface area contributed by atoms with Gasteiger partial charge in [-0.05, 0) is 31.0 Å². The lowest BCUT2D eigenvalue weighted by molar-refractivity contribution is -0.116. The van der Waals surface area contributed by atoms with Crippen molar-refractivity contribution in [2.75, 3.05) is 10.6 Å². The van der Waals surface area contributed by atoms with Crippen molar-refractivity contribution >= 4 is 27.5 Å². The molecule has 0 saturated heterocycles. The fraction of sp³-hybridized carbons (Fsp3) is 0.308. The monoisotopic (exact) mass is 279 g/mol. The average Bonchev–Trinajstić information content (AvgIpc) is 2.29. The minimum atomic E-state index is 0.0371. The average molecular weight is 280 g/mol. The number of unbranched alkanes of at least 4 members (excludes halogenated alkanes) is 1. The molecule has 0 saturated carbocycles. The molecule has 0 spiro atoms. The maximum atomic E-state index is 11.5. The Hall–Kier alpha value is -1.27. The van der Waals surface area contributed by atoms with Crippen LogP contribution in [0.15, 0.2) is 24.3 Å². The van der Waals surface area contributed by atoms with Crippen LogP contribution in [0.1, 0.15) is 24.8 Å². The summed E-state index contributed by atoms with van der Waals surface area (Å²) in [4.78, 5) is 11.5. The number of nitrogens with one attached hydrogen (secondary N) is 1. The van der Waals surface area contributed by atoms with E-state index in [1.165, 1.54) is 0 Å². The second kappa shape index (κ2) is 7.08. The van der Waals surface area contributed by atoms with Gasteiger partial charge >= 0.3 is 0 Å². The van der Waals surface area contributed by atoms with E-state index < -0.39 is 0 Å². The van der Waals surface area contributed by atoms with Crippen LogP contribution in [-0.4, -0.2) is 11.2 Å². The number of hydrogen-bond donors (Lipinski definition) is 1. The number of hydrogen-bond acceptors (Lipinski definition) is 1. The van der Waals surface area contributed by atoms with Gasteiger partial charge in [-0.15, -0.1) is 6.42 Å². The van der Waals surface area contributed by atoms with Crippen LogP contribution in [-0.2, 0) is 4.79 Å². The third-order valence-electron chi connectivity index (χ3n) is 2.10. The first-order valence-electron chi connectivity index (χ1n) is 5.18. The Kier molecular flexibility index (Phi) is 5.66. The SMILES string of the molecule is C#Cc1cccc(NC(=O)CCCCBr)c1. The van der Waals surface area contributed by atoms with E-state index in [0.717, 1.165) is 29.4 Å². The van der Waals surface area contributed by atoms with Crippen molar-refractivity contribution in [1.29, 1.82) is 0 Å². The molecule has 0 bridgehead atoms. The Balaban J connectivity index is 2.47. The highest BCUT2D eigenvalue weighted by Crippen LogP contribution is 2.10. The summed E-state index contributed by atoms with van der Waals surface area (Å²) in [7, 11) is 0. The molecular weight excluding hydrogens is 266 g/mol. The van der Waals surface area contributed by atoms with Crippen LogP contribution in [0.25, 0.3) is 0 Å². The third-order valence-corrected chi connectivity index (χ3v) is 2.66. The van der Waals surface area contributed by atoms with Crippen LogP contribution in [0, 0.1) is 12.3 Å². The van der Waals surface area contributed by atoms with E-state index in [4.69, 9.17) is 6.42 Å². The van der Waals surface area contributed by atoms with Crippen LogP contribution in [0.2, 0.25) is 0 Å². The zero-order chi connectivity index (χ0) is 11.8. The molecule has 1 rings (SSSR count). The van der Waals surface area contributed by atoms with Gasteiger partial charge in [-0.2, -0.15) is 0 Å². The quantitative estimate of drug-likeness (QED) is 0.501. The molecule has 0 aromatic heterocycles. The predicted molar refractivity (Wildman–Crippen MR) is 70.7 cm³/mol. The molecule has 0 heterocycles. The Bertz CT molecular complexity index is 395. The van der Waals surface area contributed by atoms with E-state index in [-0.39, 0.29) is 5.91 Å². The summed E-state index contributed by atoms with van der Waals surface area (Å²) >= 11 is 3.33. The summed E-state index contributed by atoms with van der Waals surface area (Å²) in [5.74, 6) is 2.57. The van der Waals surface area contributed by atoms with Crippen molar-refractivity contribution in [3.8, 4) is 12.3 Å². The highest BCUT2D eigenvalue weighted by molar-refractivity contribution is 9.09. The molecule has 0 aliphatic carbocycles. The first-order valence-corrected chi connectivity index (χ1v) is 6.31. The minimum absolute atomic E-state index is 0.0371. The van der Waals surface area contributed by atoms with E-state index >= 15 is 0 Å². The van der Waals surface area contributed by atoms with Gasteiger partial charge in [0.15, 0.2) is 0 Å². The van der Waals surface area contributed by atoms with Crippen molar-refractivity contribution in [2.45, 2.75) is 19.3 Å². The molecule has 1 aromatic rings. The van der Waals surface area contributed by atoms with Crippen LogP contribution < -0.4 is 5.32 Å². The second-order valence-electron chi connectivity index (χ2n) is 3.42. The molecule has 2 nitrogen and oxygen atoms in total. The molecule has 0 aliphatic rings. The Morgan fingerprint density at radius 1 is 1.44 bits per heavy atom. The molecule has 1 aromatic carbocycles. The minimum Gasteiger partial charge on any atom is -0.326 e. The van der Waals surface area contributed by atoms with E-state index in [9.17, 15) is 4.79 Å². The largest absolute Gasteiger partial charge is 0.326 e. The molecule has 3 heteroatoms. The Morgan fingerprint density at radius 3 is 2.94 bits per heavy atom. The number of rotatable bonds is 5. The van der Waals surface area contributed by atoms with Crippen LogP contribution in [0.5, 0.6) is 0 Å². The van der Waals surface area contributed by atoms with Crippen molar-refractivity contribution in [1.82, 2.24) is 0 Å². The van der Waals surface area contributed by atoms with Crippen molar-refractivity contribution < 1.29 is 4.79 Å². The highest BCUT2D eigenvalue weighted by Gasteiger charge is 2.01. The van der Waals surface area contributed by atoms with E-state index in [0.29, 0.717) is 6.42 Å². The Morgan fingerprint density at radius 2 is 2.25 bits per heavy atom. The van der Waals surface area contributed by atoms with Gasteiger partial charge in [-0.25, -0.2) is 0 Å². The van der Waals surface area contributed by atoms with Gasteiger partial charge in [0.25, 0.3) is 0 Å². The summed E-state index contributed by atoms with van der Waals surface area (Å²) < 4.78 is 0. The van der Waals surface area contributed by atoms with Gasteiger partial charge in [0.05, 0.1) is 0 Å². The van der Waals surface area contributed by atoms with Gasteiger partial charge in [-0.1, -0.05) is 27.9 Å². The lowest BCUT2D eigenvalue weighted by Crippen LogP contribution is -2.11. The summed E-state index contributed by atoms with van der Waals surface area (Å²) in [6.45, 7) is 0.